The van der Waals surface area contributed by atoms with Gasteiger partial charge >= 0.3 is 6.03 Å². The number of carbonyl (C=O) groups excluding carboxylic acids is 1. The SMILES string of the molecule is COc1cccc(Cl)c1NC(=O)N1CCN(c2ccncc2)C(C)C1. The minimum Gasteiger partial charge on any atom is -0.495 e. The molecule has 7 heteroatoms. The first-order valence-corrected chi connectivity index (χ1v) is 8.53. The Kier molecular flexibility index (Phi) is 5.28. The van der Waals surface area contributed by atoms with Crippen LogP contribution in [0.15, 0.2) is 42.7 Å². The molecule has 6 nitrogen and oxygen atoms in total. The van der Waals surface area contributed by atoms with E-state index in [1.165, 1.54) is 0 Å². The normalized spacial score (nSPS) is 17.3. The van der Waals surface area contributed by atoms with Crippen LogP contribution in [0.3, 0.4) is 0 Å². The lowest BCUT2D eigenvalue weighted by Gasteiger charge is -2.41. The van der Waals surface area contributed by atoms with Gasteiger partial charge < -0.3 is 19.9 Å². The van der Waals surface area contributed by atoms with E-state index in [0.717, 1.165) is 12.2 Å². The van der Waals surface area contributed by atoms with Crippen molar-refractivity contribution in [3.05, 3.63) is 47.7 Å². The average molecular weight is 361 g/mol. The molecule has 1 atom stereocenters. The molecule has 1 aliphatic heterocycles. The second-order valence-corrected chi connectivity index (χ2v) is 6.35. The molecule has 2 aromatic rings. The highest BCUT2D eigenvalue weighted by Crippen LogP contribution is 2.32. The van der Waals surface area contributed by atoms with Crippen LogP contribution in [0.25, 0.3) is 0 Å². The van der Waals surface area contributed by atoms with Crippen molar-refractivity contribution in [2.75, 3.05) is 37.0 Å². The maximum atomic E-state index is 12.6. The Morgan fingerprint density at radius 1 is 1.28 bits per heavy atom. The molecular weight excluding hydrogens is 340 g/mol. The highest BCUT2D eigenvalue weighted by atomic mass is 35.5. The highest BCUT2D eigenvalue weighted by molar-refractivity contribution is 6.34. The number of halogens is 1. The zero-order valence-corrected chi connectivity index (χ0v) is 15.0. The Balaban J connectivity index is 1.67. The fourth-order valence-corrected chi connectivity index (χ4v) is 3.26. The first kappa shape index (κ1) is 17.4. The molecule has 25 heavy (non-hydrogen) atoms. The molecule has 1 aliphatic rings. The van der Waals surface area contributed by atoms with Crippen LogP contribution >= 0.6 is 11.6 Å². The van der Waals surface area contributed by atoms with Gasteiger partial charge in [-0.15, -0.1) is 0 Å². The minimum absolute atomic E-state index is 0.173. The molecule has 1 N–H and O–H groups in total. The molecule has 1 fully saturated rings. The number of para-hydroxylation sites is 1. The molecule has 2 heterocycles. The van der Waals surface area contributed by atoms with E-state index < -0.39 is 0 Å². The number of rotatable bonds is 3. The molecule has 1 saturated heterocycles. The smallest absolute Gasteiger partial charge is 0.322 e. The summed E-state index contributed by atoms with van der Waals surface area (Å²) in [5.74, 6) is 0.546. The van der Waals surface area contributed by atoms with E-state index >= 15 is 0 Å². The predicted molar refractivity (Wildman–Crippen MR) is 99.6 cm³/mol. The van der Waals surface area contributed by atoms with Crippen LogP contribution < -0.4 is 15.0 Å². The third-order valence-corrected chi connectivity index (χ3v) is 4.65. The van der Waals surface area contributed by atoms with Crippen molar-refractivity contribution in [2.45, 2.75) is 13.0 Å². The minimum atomic E-state index is -0.173. The number of anilines is 2. The van der Waals surface area contributed by atoms with E-state index in [4.69, 9.17) is 16.3 Å². The molecule has 0 bridgehead atoms. The molecule has 1 unspecified atom stereocenters. The zero-order chi connectivity index (χ0) is 17.8. The number of hydrogen-bond acceptors (Lipinski definition) is 4. The number of pyridine rings is 1. The van der Waals surface area contributed by atoms with Gasteiger partial charge in [0.2, 0.25) is 0 Å². The molecule has 3 rings (SSSR count). The number of aromatic nitrogens is 1. The predicted octanol–water partition coefficient (Wildman–Crippen LogP) is 3.49. The van der Waals surface area contributed by atoms with E-state index in [9.17, 15) is 4.79 Å². The van der Waals surface area contributed by atoms with Crippen molar-refractivity contribution >= 4 is 29.0 Å². The average Bonchev–Trinajstić information content (AvgIpc) is 2.64. The number of piperazine rings is 1. The summed E-state index contributed by atoms with van der Waals surface area (Å²) in [6.07, 6.45) is 3.57. The fourth-order valence-electron chi connectivity index (χ4n) is 3.04. The fraction of sp³-hybridized carbons (Fsp3) is 0.333. The molecule has 132 valence electrons. The maximum absolute atomic E-state index is 12.6. The van der Waals surface area contributed by atoms with Crippen LogP contribution in [-0.2, 0) is 0 Å². The van der Waals surface area contributed by atoms with Crippen molar-refractivity contribution < 1.29 is 9.53 Å². The summed E-state index contributed by atoms with van der Waals surface area (Å²) in [7, 11) is 1.55. The first-order valence-electron chi connectivity index (χ1n) is 8.15. The number of amides is 2. The van der Waals surface area contributed by atoms with E-state index in [1.54, 1.807) is 42.6 Å². The second-order valence-electron chi connectivity index (χ2n) is 5.94. The van der Waals surface area contributed by atoms with E-state index in [0.29, 0.717) is 29.5 Å². The number of methoxy groups -OCH3 is 1. The van der Waals surface area contributed by atoms with Crippen molar-refractivity contribution in [3.63, 3.8) is 0 Å². The summed E-state index contributed by atoms with van der Waals surface area (Å²) in [4.78, 5) is 20.8. The lowest BCUT2D eigenvalue weighted by atomic mass is 10.1. The Labute approximate surface area is 152 Å². The van der Waals surface area contributed by atoms with Gasteiger partial charge in [-0.25, -0.2) is 4.79 Å². The van der Waals surface area contributed by atoms with Crippen LogP contribution in [-0.4, -0.2) is 48.7 Å². The second kappa shape index (κ2) is 7.61. The number of benzene rings is 1. The van der Waals surface area contributed by atoms with Gasteiger partial charge in [-0.1, -0.05) is 17.7 Å². The Bertz CT molecular complexity index is 741. The number of carbonyl (C=O) groups is 1. The van der Waals surface area contributed by atoms with Gasteiger partial charge in [0, 0.05) is 43.8 Å². The quantitative estimate of drug-likeness (QED) is 0.910. The Hall–Kier alpha value is -2.47. The Morgan fingerprint density at radius 2 is 2.04 bits per heavy atom. The van der Waals surface area contributed by atoms with E-state index in [1.807, 2.05) is 12.1 Å². The largest absolute Gasteiger partial charge is 0.495 e. The standard InChI is InChI=1S/C18H21ClN4O2/c1-13-12-22(10-11-23(13)14-6-8-20-9-7-14)18(24)21-17-15(19)4-3-5-16(17)25-2/h3-9,13H,10-12H2,1-2H3,(H,21,24). The number of ether oxygens (including phenoxy) is 1. The highest BCUT2D eigenvalue weighted by Gasteiger charge is 2.27. The number of nitrogens with one attached hydrogen (secondary N) is 1. The molecule has 0 aliphatic carbocycles. The summed E-state index contributed by atoms with van der Waals surface area (Å²) in [6, 6.07) is 9.28. The number of urea groups is 1. The lowest BCUT2D eigenvalue weighted by Crippen LogP contribution is -2.54. The zero-order valence-electron chi connectivity index (χ0n) is 14.3. The van der Waals surface area contributed by atoms with E-state index in [-0.39, 0.29) is 12.1 Å². The van der Waals surface area contributed by atoms with Gasteiger partial charge in [-0.3, -0.25) is 4.98 Å². The summed E-state index contributed by atoms with van der Waals surface area (Å²) in [5, 5.41) is 3.33. The topological polar surface area (TPSA) is 57.7 Å². The number of hydrogen-bond donors (Lipinski definition) is 1. The summed E-state index contributed by atoms with van der Waals surface area (Å²) >= 11 is 6.20. The van der Waals surface area contributed by atoms with Gasteiger partial charge in [0.15, 0.2) is 0 Å². The van der Waals surface area contributed by atoms with Crippen LogP contribution in [0.5, 0.6) is 5.75 Å². The molecular formula is C18H21ClN4O2. The van der Waals surface area contributed by atoms with Gasteiger partial charge in [-0.05, 0) is 31.2 Å². The van der Waals surface area contributed by atoms with Crippen LogP contribution in [0.4, 0.5) is 16.2 Å². The van der Waals surface area contributed by atoms with Crippen LogP contribution in [0.1, 0.15) is 6.92 Å². The summed E-state index contributed by atoms with van der Waals surface area (Å²) in [5.41, 5.74) is 1.62. The Morgan fingerprint density at radius 3 is 2.72 bits per heavy atom. The summed E-state index contributed by atoms with van der Waals surface area (Å²) < 4.78 is 5.28. The van der Waals surface area contributed by atoms with Crippen molar-refractivity contribution in [3.8, 4) is 5.75 Å². The maximum Gasteiger partial charge on any atom is 0.322 e. The number of nitrogens with zero attached hydrogens (tertiary/aromatic N) is 3. The van der Waals surface area contributed by atoms with Crippen molar-refractivity contribution in [2.24, 2.45) is 0 Å². The molecule has 0 spiro atoms. The van der Waals surface area contributed by atoms with Gasteiger partial charge in [0.05, 0.1) is 12.1 Å². The molecule has 1 aromatic heterocycles. The third kappa shape index (κ3) is 3.79. The van der Waals surface area contributed by atoms with Crippen LogP contribution in [0, 0.1) is 0 Å². The molecule has 1 aromatic carbocycles. The van der Waals surface area contributed by atoms with Gasteiger partial charge in [-0.2, -0.15) is 0 Å². The third-order valence-electron chi connectivity index (χ3n) is 4.34. The van der Waals surface area contributed by atoms with Gasteiger partial charge in [0.25, 0.3) is 0 Å². The van der Waals surface area contributed by atoms with Gasteiger partial charge in [0.1, 0.15) is 11.4 Å². The van der Waals surface area contributed by atoms with Crippen molar-refractivity contribution in [1.82, 2.24) is 9.88 Å². The lowest BCUT2D eigenvalue weighted by molar-refractivity contribution is 0.200. The van der Waals surface area contributed by atoms with E-state index in [2.05, 4.69) is 22.1 Å². The molecule has 2 amide bonds. The first-order chi connectivity index (χ1) is 12.1. The summed E-state index contributed by atoms with van der Waals surface area (Å²) in [6.45, 7) is 4.13. The molecule has 0 radical (unpaired) electrons. The van der Waals surface area contributed by atoms with Crippen molar-refractivity contribution in [1.29, 1.82) is 0 Å². The molecule has 0 saturated carbocycles. The monoisotopic (exact) mass is 360 g/mol. The van der Waals surface area contributed by atoms with Crippen LogP contribution in [0.2, 0.25) is 5.02 Å².